The molecule has 2 aromatic rings. The van der Waals surface area contributed by atoms with E-state index in [2.05, 4.69) is 15.5 Å². The molecule has 3 amide bonds. The summed E-state index contributed by atoms with van der Waals surface area (Å²) in [6.45, 7) is -0.737. The van der Waals surface area contributed by atoms with Crippen LogP contribution in [0, 0.1) is 0 Å². The fraction of sp³-hybridized carbons (Fsp3) is 0.333. The Morgan fingerprint density at radius 1 is 1.13 bits per heavy atom. The lowest BCUT2D eigenvalue weighted by molar-refractivity contribution is -0.256. The van der Waals surface area contributed by atoms with Crippen molar-refractivity contribution in [3.63, 3.8) is 0 Å². The van der Waals surface area contributed by atoms with E-state index in [4.69, 9.17) is 20.1 Å². The van der Waals surface area contributed by atoms with Gasteiger partial charge in [-0.2, -0.15) is 5.06 Å². The Balaban J connectivity index is 1.24. The number of carboxylic acids is 2. The number of rotatable bonds is 9. The Morgan fingerprint density at radius 3 is 2.40 bits per heavy atom. The summed E-state index contributed by atoms with van der Waals surface area (Å²) in [7, 11) is -4.90. The maximum atomic E-state index is 13.4. The number of nitrogens with two attached hydrogens (primary N) is 1. The number of carbonyl (C=O) groups is 6. The van der Waals surface area contributed by atoms with E-state index in [1.165, 1.54) is 5.38 Å². The zero-order valence-corrected chi connectivity index (χ0v) is 24.8. The summed E-state index contributed by atoms with van der Waals surface area (Å²) in [5, 5.41) is 46.2. The minimum atomic E-state index is -4.90. The Hall–Kier alpha value is -5.55. The standard InChI is InChI=1S/C24H20N6O15S2/c25-22-27-10(7-46-22)15(28-45-23(1-2-23)20(37)38)16(33)26-9-6-43-30(18(9)35)24(21(39)40)5-11(19(36)44-24)29-17(34)8-3-12(31)13(32)4-14(8)47(29,41)42/h3-4,7,9,11,31-32H,1-2,5-6H2,(H2,25,27)(H,26,33)(H,37,38)(H,39,40)/b28-15-/t9-,11?,24?/m0/s1. The number of hydrogen-bond donors (Lipinski definition) is 6. The summed E-state index contributed by atoms with van der Waals surface area (Å²) in [5.74, 6) is -10.4. The first-order valence-corrected chi connectivity index (χ1v) is 15.4. The number of sulfonamides is 1. The maximum absolute atomic E-state index is 13.4. The molecule has 1 aromatic heterocycles. The van der Waals surface area contributed by atoms with E-state index in [1.807, 2.05) is 0 Å². The van der Waals surface area contributed by atoms with Gasteiger partial charge < -0.3 is 41.1 Å². The van der Waals surface area contributed by atoms with Gasteiger partial charge in [-0.1, -0.05) is 5.16 Å². The molecule has 1 aliphatic carbocycles. The zero-order valence-electron chi connectivity index (χ0n) is 23.2. The van der Waals surface area contributed by atoms with Crippen LogP contribution < -0.4 is 11.1 Å². The van der Waals surface area contributed by atoms with Gasteiger partial charge in [-0.25, -0.2) is 32.1 Å². The number of oxime groups is 1. The van der Waals surface area contributed by atoms with E-state index in [1.54, 1.807) is 0 Å². The molecule has 2 saturated heterocycles. The van der Waals surface area contributed by atoms with Gasteiger partial charge in [-0.15, -0.1) is 11.3 Å². The number of benzene rings is 1. The zero-order chi connectivity index (χ0) is 34.2. The smallest absolute Gasteiger partial charge is 0.372 e. The quantitative estimate of drug-likeness (QED) is 0.0693. The first-order valence-electron chi connectivity index (χ1n) is 13.1. The van der Waals surface area contributed by atoms with Gasteiger partial charge in [0.05, 0.1) is 12.0 Å². The van der Waals surface area contributed by atoms with Crippen molar-refractivity contribution in [1.82, 2.24) is 19.7 Å². The number of aliphatic carboxylic acids is 2. The van der Waals surface area contributed by atoms with Gasteiger partial charge in [0.1, 0.15) is 23.2 Å². The van der Waals surface area contributed by atoms with Crippen LogP contribution >= 0.6 is 11.3 Å². The number of thiazole rings is 1. The highest BCUT2D eigenvalue weighted by Crippen LogP contribution is 2.44. The lowest BCUT2D eigenvalue weighted by Gasteiger charge is -2.30. The molecule has 21 nitrogen and oxygen atoms in total. The summed E-state index contributed by atoms with van der Waals surface area (Å²) in [4.78, 5) is 90.1. The number of aromatic hydroxyl groups is 2. The fourth-order valence-corrected chi connectivity index (χ4v) is 7.21. The number of amides is 3. The molecule has 3 atom stereocenters. The van der Waals surface area contributed by atoms with Gasteiger partial charge in [-0.3, -0.25) is 19.2 Å². The molecule has 4 aliphatic rings. The lowest BCUT2D eigenvalue weighted by atomic mass is 10.1. The monoisotopic (exact) mass is 696 g/mol. The van der Waals surface area contributed by atoms with E-state index in [9.17, 15) is 57.6 Å². The van der Waals surface area contributed by atoms with Crippen LogP contribution in [0.15, 0.2) is 27.6 Å². The molecule has 7 N–H and O–H groups in total. The third kappa shape index (κ3) is 4.81. The number of nitrogens with one attached hydrogen (secondary N) is 1. The Morgan fingerprint density at radius 2 is 1.81 bits per heavy atom. The molecular weight excluding hydrogens is 676 g/mol. The number of nitrogen functional groups attached to an aromatic ring is 1. The number of cyclic esters (lactones) is 1. The van der Waals surface area contributed by atoms with E-state index in [0.717, 1.165) is 11.3 Å². The molecule has 0 bridgehead atoms. The minimum Gasteiger partial charge on any atom is -0.504 e. The van der Waals surface area contributed by atoms with Crippen LogP contribution in [0.5, 0.6) is 11.5 Å². The summed E-state index contributed by atoms with van der Waals surface area (Å²) >= 11 is 0.902. The number of ether oxygens (including phenoxy) is 1. The predicted molar refractivity (Wildman–Crippen MR) is 146 cm³/mol. The Bertz CT molecular complexity index is 1940. The topological polar surface area (TPSA) is 315 Å². The van der Waals surface area contributed by atoms with E-state index < -0.39 is 110 Å². The number of phenolic OH excluding ortho intramolecular Hbond substituents is 2. The highest BCUT2D eigenvalue weighted by molar-refractivity contribution is 7.90. The molecule has 4 heterocycles. The third-order valence-electron chi connectivity index (χ3n) is 7.56. The highest BCUT2D eigenvalue weighted by Gasteiger charge is 2.66. The predicted octanol–water partition coefficient (Wildman–Crippen LogP) is -2.33. The van der Waals surface area contributed by atoms with Gasteiger partial charge in [0, 0.05) is 24.3 Å². The van der Waals surface area contributed by atoms with E-state index in [0.29, 0.717) is 12.1 Å². The largest absolute Gasteiger partial charge is 0.504 e. The van der Waals surface area contributed by atoms with Crippen molar-refractivity contribution in [2.75, 3.05) is 12.3 Å². The number of esters is 1. The second-order valence-corrected chi connectivity index (χ2v) is 13.2. The van der Waals surface area contributed by atoms with Gasteiger partial charge in [0.2, 0.25) is 5.60 Å². The van der Waals surface area contributed by atoms with E-state index >= 15 is 0 Å². The van der Waals surface area contributed by atoms with Crippen molar-refractivity contribution < 1.29 is 72.0 Å². The SMILES string of the molecule is Nc1nc(/C(=N/OC2(C(=O)O)CC2)C(=O)N[C@H]2CON(C3(C(=O)O)CC(N4C(=O)c5cc(O)c(O)cc5S4(=O)=O)C(=O)O3)C2=O)cs1. The average molecular weight is 697 g/mol. The molecule has 248 valence electrons. The second-order valence-electron chi connectivity index (χ2n) is 10.5. The van der Waals surface area contributed by atoms with Gasteiger partial charge in [0.25, 0.3) is 27.7 Å². The molecular formula is C24H20N6O15S2. The number of carboxylic acid groups (broad SMARTS) is 2. The van der Waals surface area contributed by atoms with Crippen LogP contribution in [-0.4, -0.2) is 115 Å². The summed E-state index contributed by atoms with van der Waals surface area (Å²) in [6, 6.07) is -2.61. The fourth-order valence-electron chi connectivity index (χ4n) is 4.95. The van der Waals surface area contributed by atoms with Crippen molar-refractivity contribution in [2.24, 2.45) is 5.16 Å². The molecule has 6 rings (SSSR count). The maximum Gasteiger partial charge on any atom is 0.372 e. The normalized spacial score (nSPS) is 25.8. The number of nitrogens with zero attached hydrogens (tertiary/aromatic N) is 4. The van der Waals surface area contributed by atoms with Crippen LogP contribution in [0.2, 0.25) is 0 Å². The van der Waals surface area contributed by atoms with Crippen LogP contribution in [0.4, 0.5) is 5.13 Å². The number of phenols is 2. The molecule has 0 spiro atoms. The van der Waals surface area contributed by atoms with Crippen LogP contribution in [-0.2, 0) is 48.4 Å². The first-order chi connectivity index (χ1) is 22.0. The average Bonchev–Trinajstić information content (AvgIpc) is 3.26. The first kappa shape index (κ1) is 31.4. The number of fused-ring (bicyclic) bond motifs is 1. The summed E-state index contributed by atoms with van der Waals surface area (Å²) in [5.41, 5.74) is -0.438. The number of anilines is 1. The molecule has 47 heavy (non-hydrogen) atoms. The lowest BCUT2D eigenvalue weighted by Crippen LogP contribution is -2.57. The number of hydroxylamine groups is 2. The van der Waals surface area contributed by atoms with E-state index in [-0.39, 0.29) is 33.0 Å². The molecule has 2 unspecified atom stereocenters. The van der Waals surface area contributed by atoms with Crippen molar-refractivity contribution in [2.45, 2.75) is 47.6 Å². The summed E-state index contributed by atoms with van der Waals surface area (Å²) < 4.78 is 31.4. The van der Waals surface area contributed by atoms with Crippen molar-refractivity contribution in [3.8, 4) is 11.5 Å². The molecule has 3 fully saturated rings. The minimum absolute atomic E-state index is 0.00233. The molecule has 3 aliphatic heterocycles. The number of hydrogen-bond acceptors (Lipinski definition) is 17. The van der Waals surface area contributed by atoms with Gasteiger partial charge >= 0.3 is 23.6 Å². The van der Waals surface area contributed by atoms with Crippen molar-refractivity contribution in [1.29, 1.82) is 0 Å². The Kier molecular flexibility index (Phi) is 7.02. The molecule has 0 radical (unpaired) electrons. The Labute approximate surface area is 264 Å². The highest BCUT2D eigenvalue weighted by atomic mass is 32.2. The van der Waals surface area contributed by atoms with Crippen molar-refractivity contribution >= 4 is 67.8 Å². The van der Waals surface area contributed by atoms with Crippen LogP contribution in [0.3, 0.4) is 0 Å². The third-order valence-corrected chi connectivity index (χ3v) is 10.1. The molecule has 23 heteroatoms. The van der Waals surface area contributed by atoms with Crippen LogP contribution in [0.25, 0.3) is 0 Å². The van der Waals surface area contributed by atoms with Crippen LogP contribution in [0.1, 0.15) is 35.3 Å². The molecule has 1 aromatic carbocycles. The van der Waals surface area contributed by atoms with Gasteiger partial charge in [0.15, 0.2) is 28.4 Å². The number of aromatic nitrogens is 1. The number of carbonyl (C=O) groups excluding carboxylic acids is 4. The molecule has 1 saturated carbocycles. The van der Waals surface area contributed by atoms with Gasteiger partial charge in [-0.05, 0) is 6.07 Å². The van der Waals surface area contributed by atoms with Crippen molar-refractivity contribution in [3.05, 3.63) is 28.8 Å². The summed E-state index contributed by atoms with van der Waals surface area (Å²) in [6.07, 6.45) is -0.967. The second kappa shape index (κ2) is 10.5.